The maximum Gasteiger partial charge on any atom is 0.140 e. The van der Waals surface area contributed by atoms with Gasteiger partial charge in [0.1, 0.15) is 5.78 Å². The molecule has 0 spiro atoms. The first-order chi connectivity index (χ1) is 17.3. The summed E-state index contributed by atoms with van der Waals surface area (Å²) in [6.45, 7) is 0. The summed E-state index contributed by atoms with van der Waals surface area (Å²) in [7, 11) is 0. The minimum atomic E-state index is -0.0278. The van der Waals surface area contributed by atoms with Crippen LogP contribution in [0.15, 0.2) is 121 Å². The Balaban J connectivity index is 1.60. The lowest BCUT2D eigenvalue weighted by Crippen LogP contribution is -2.34. The SMILES string of the molecule is O=C1C(C(c2ccccc2)c2ccccc2)CCCCCC1C(c1ccccc1)c1ccccc1. The molecule has 4 aromatic rings. The zero-order valence-electron chi connectivity index (χ0n) is 20.3. The molecule has 1 aliphatic carbocycles. The average Bonchev–Trinajstić information content (AvgIpc) is 2.92. The Morgan fingerprint density at radius 1 is 0.429 bits per heavy atom. The molecule has 2 unspecified atom stereocenters. The van der Waals surface area contributed by atoms with Crippen LogP contribution < -0.4 is 0 Å². The largest absolute Gasteiger partial charge is 0.299 e. The maximum atomic E-state index is 14.7. The molecule has 0 heterocycles. The van der Waals surface area contributed by atoms with Crippen LogP contribution >= 0.6 is 0 Å². The van der Waals surface area contributed by atoms with Crippen LogP contribution in [-0.2, 0) is 4.79 Å². The van der Waals surface area contributed by atoms with Crippen LogP contribution in [0, 0.1) is 11.8 Å². The van der Waals surface area contributed by atoms with E-state index in [0.717, 1.165) is 25.7 Å². The highest BCUT2D eigenvalue weighted by Gasteiger charge is 2.39. The minimum absolute atomic E-state index is 0.0278. The molecule has 5 rings (SSSR count). The van der Waals surface area contributed by atoms with E-state index in [1.54, 1.807) is 0 Å². The van der Waals surface area contributed by atoms with Crippen molar-refractivity contribution in [3.05, 3.63) is 144 Å². The molecular weight excluding hydrogens is 424 g/mol. The van der Waals surface area contributed by atoms with Crippen molar-refractivity contribution in [1.29, 1.82) is 0 Å². The molecule has 2 atom stereocenters. The average molecular weight is 459 g/mol. The van der Waals surface area contributed by atoms with Crippen molar-refractivity contribution in [3.8, 4) is 0 Å². The van der Waals surface area contributed by atoms with E-state index < -0.39 is 0 Å². The molecule has 0 radical (unpaired) electrons. The minimum Gasteiger partial charge on any atom is -0.299 e. The number of hydrogen-bond acceptors (Lipinski definition) is 1. The highest BCUT2D eigenvalue weighted by atomic mass is 16.1. The molecule has 1 aliphatic rings. The molecule has 1 heteroatoms. The number of carbonyl (C=O) groups is 1. The third kappa shape index (κ3) is 5.30. The lowest BCUT2D eigenvalue weighted by atomic mass is 9.67. The Morgan fingerprint density at radius 2 is 0.714 bits per heavy atom. The van der Waals surface area contributed by atoms with Gasteiger partial charge in [0, 0.05) is 23.7 Å². The first kappa shape index (κ1) is 23.3. The molecule has 35 heavy (non-hydrogen) atoms. The molecule has 0 bridgehead atoms. The van der Waals surface area contributed by atoms with Crippen LogP contribution in [0.5, 0.6) is 0 Å². The van der Waals surface area contributed by atoms with E-state index in [0.29, 0.717) is 5.78 Å². The monoisotopic (exact) mass is 458 g/mol. The van der Waals surface area contributed by atoms with Crippen molar-refractivity contribution in [2.75, 3.05) is 0 Å². The molecule has 1 fully saturated rings. The van der Waals surface area contributed by atoms with Crippen molar-refractivity contribution < 1.29 is 4.79 Å². The topological polar surface area (TPSA) is 17.1 Å². The fourth-order valence-corrected chi connectivity index (χ4v) is 6.08. The van der Waals surface area contributed by atoms with E-state index in [4.69, 9.17) is 0 Å². The summed E-state index contributed by atoms with van der Waals surface area (Å²) in [6, 6.07) is 42.7. The number of Topliss-reactive ketones (excluding diaryl/α,β-unsaturated/α-hetero) is 1. The van der Waals surface area contributed by atoms with Crippen molar-refractivity contribution in [2.45, 2.75) is 43.9 Å². The maximum absolute atomic E-state index is 14.7. The fourth-order valence-electron chi connectivity index (χ4n) is 6.08. The van der Waals surface area contributed by atoms with Gasteiger partial charge < -0.3 is 0 Å². The van der Waals surface area contributed by atoms with Gasteiger partial charge in [-0.15, -0.1) is 0 Å². The van der Waals surface area contributed by atoms with E-state index in [2.05, 4.69) is 121 Å². The van der Waals surface area contributed by atoms with Crippen LogP contribution in [0.3, 0.4) is 0 Å². The van der Waals surface area contributed by atoms with E-state index in [9.17, 15) is 4.79 Å². The third-order valence-corrected chi connectivity index (χ3v) is 7.70. The third-order valence-electron chi connectivity index (χ3n) is 7.70. The predicted molar refractivity (Wildman–Crippen MR) is 145 cm³/mol. The number of ketones is 1. The summed E-state index contributed by atoms with van der Waals surface area (Å²) in [6.07, 6.45) is 5.30. The molecule has 176 valence electrons. The number of rotatable bonds is 6. The van der Waals surface area contributed by atoms with Gasteiger partial charge in [-0.1, -0.05) is 141 Å². The predicted octanol–water partition coefficient (Wildman–Crippen LogP) is 8.42. The highest BCUT2D eigenvalue weighted by Crippen LogP contribution is 2.44. The Bertz CT molecular complexity index is 1010. The van der Waals surface area contributed by atoms with Gasteiger partial charge >= 0.3 is 0 Å². The van der Waals surface area contributed by atoms with Crippen molar-refractivity contribution >= 4 is 5.78 Å². The molecule has 4 aromatic carbocycles. The van der Waals surface area contributed by atoms with E-state index >= 15 is 0 Å². The van der Waals surface area contributed by atoms with Crippen LogP contribution in [-0.4, -0.2) is 5.78 Å². The summed E-state index contributed by atoms with van der Waals surface area (Å²) in [5.74, 6) is 0.538. The van der Waals surface area contributed by atoms with E-state index in [-0.39, 0.29) is 23.7 Å². The molecule has 0 amide bonds. The Morgan fingerprint density at radius 3 is 1.00 bits per heavy atom. The van der Waals surface area contributed by atoms with Crippen LogP contribution in [0.2, 0.25) is 0 Å². The summed E-state index contributed by atoms with van der Waals surface area (Å²) in [5, 5.41) is 0. The van der Waals surface area contributed by atoms with Gasteiger partial charge in [0.25, 0.3) is 0 Å². The second-order valence-corrected chi connectivity index (χ2v) is 9.85. The molecule has 0 aromatic heterocycles. The van der Waals surface area contributed by atoms with Crippen LogP contribution in [0.25, 0.3) is 0 Å². The number of benzene rings is 4. The van der Waals surface area contributed by atoms with Crippen LogP contribution in [0.4, 0.5) is 0 Å². The number of hydrogen-bond donors (Lipinski definition) is 0. The smallest absolute Gasteiger partial charge is 0.140 e. The quantitative estimate of drug-likeness (QED) is 0.283. The highest BCUT2D eigenvalue weighted by molar-refractivity contribution is 5.86. The van der Waals surface area contributed by atoms with Gasteiger partial charge in [-0.25, -0.2) is 0 Å². The van der Waals surface area contributed by atoms with Gasteiger partial charge in [0.2, 0.25) is 0 Å². The van der Waals surface area contributed by atoms with Crippen molar-refractivity contribution in [2.24, 2.45) is 11.8 Å². The van der Waals surface area contributed by atoms with E-state index in [1.807, 2.05) is 0 Å². The summed E-state index contributed by atoms with van der Waals surface area (Å²) in [4.78, 5) is 14.7. The lowest BCUT2D eigenvalue weighted by molar-refractivity contribution is -0.128. The van der Waals surface area contributed by atoms with Crippen molar-refractivity contribution in [3.63, 3.8) is 0 Å². The second-order valence-electron chi connectivity index (χ2n) is 9.85. The molecule has 0 saturated heterocycles. The molecule has 0 N–H and O–H groups in total. The molecule has 0 aliphatic heterocycles. The van der Waals surface area contributed by atoms with Gasteiger partial charge in [0.15, 0.2) is 0 Å². The van der Waals surface area contributed by atoms with Gasteiger partial charge in [-0.3, -0.25) is 4.79 Å². The summed E-state index contributed by atoms with van der Waals surface area (Å²) < 4.78 is 0. The van der Waals surface area contributed by atoms with E-state index in [1.165, 1.54) is 28.7 Å². The zero-order chi connectivity index (χ0) is 23.9. The lowest BCUT2D eigenvalue weighted by Gasteiger charge is -2.35. The summed E-state index contributed by atoms with van der Waals surface area (Å²) >= 11 is 0. The second kappa shape index (κ2) is 11.3. The van der Waals surface area contributed by atoms with Gasteiger partial charge in [-0.05, 0) is 35.1 Å². The number of carbonyl (C=O) groups excluding carboxylic acids is 1. The Kier molecular flexibility index (Phi) is 7.53. The van der Waals surface area contributed by atoms with Crippen molar-refractivity contribution in [1.82, 2.24) is 0 Å². The fraction of sp³-hybridized carbons (Fsp3) is 0.265. The Hall–Kier alpha value is -3.45. The molecular formula is C34H34O. The van der Waals surface area contributed by atoms with Gasteiger partial charge in [0.05, 0.1) is 0 Å². The normalized spacial score (nSPS) is 18.9. The first-order valence-corrected chi connectivity index (χ1v) is 13.1. The van der Waals surface area contributed by atoms with Gasteiger partial charge in [-0.2, -0.15) is 0 Å². The summed E-state index contributed by atoms with van der Waals surface area (Å²) in [5.41, 5.74) is 4.97. The molecule has 1 saturated carbocycles. The standard InChI is InChI=1S/C34H34O/c35-34-30(32(26-16-6-1-7-17-26)27-18-8-2-9-19-27)24-14-5-15-25-31(34)33(28-20-10-3-11-21-28)29-22-12-4-13-23-29/h1-4,6-13,16-23,30-33H,5,14-15,24-25H2. The zero-order valence-corrected chi connectivity index (χ0v) is 20.3. The van der Waals surface area contributed by atoms with Crippen LogP contribution in [0.1, 0.15) is 66.2 Å². The first-order valence-electron chi connectivity index (χ1n) is 13.1. The Labute approximate surface area is 209 Å². The molecule has 1 nitrogen and oxygen atoms in total.